The number of aromatic nitrogens is 3. The molecule has 0 aliphatic heterocycles. The number of aryl methyl sites for hydroxylation is 1. The molecule has 4 aromatic rings. The molecule has 0 radical (unpaired) electrons. The van der Waals surface area contributed by atoms with Crippen LogP contribution in [0, 0.1) is 11.3 Å². The Bertz CT molecular complexity index is 1460. The van der Waals surface area contributed by atoms with Crippen molar-refractivity contribution in [1.82, 2.24) is 14.8 Å². The van der Waals surface area contributed by atoms with Gasteiger partial charge in [0.05, 0.1) is 23.3 Å². The Hall–Kier alpha value is -3.59. The summed E-state index contributed by atoms with van der Waals surface area (Å²) in [5, 5.41) is 16.3. The summed E-state index contributed by atoms with van der Waals surface area (Å²) in [6.45, 7) is 0. The topological polar surface area (TPSA) is 119 Å². The number of rotatable bonds is 7. The van der Waals surface area contributed by atoms with Gasteiger partial charge in [0.25, 0.3) is 10.0 Å². The zero-order chi connectivity index (χ0) is 23.6. The molecule has 168 valence electrons. The summed E-state index contributed by atoms with van der Waals surface area (Å²) in [6.07, 6.45) is 1.49. The molecule has 0 saturated heterocycles. The van der Waals surface area contributed by atoms with E-state index in [1.54, 1.807) is 41.4 Å². The van der Waals surface area contributed by atoms with Crippen molar-refractivity contribution in [3.05, 3.63) is 64.6 Å². The van der Waals surface area contributed by atoms with Gasteiger partial charge in [-0.3, -0.25) is 9.40 Å². The smallest absolute Gasteiger partial charge is 0.263 e. The maximum Gasteiger partial charge on any atom is 0.263 e. The lowest BCUT2D eigenvalue weighted by Crippen LogP contribution is -2.13. The van der Waals surface area contributed by atoms with Crippen molar-refractivity contribution in [2.24, 2.45) is 7.05 Å². The van der Waals surface area contributed by atoms with Crippen molar-refractivity contribution in [1.29, 1.82) is 5.26 Å². The molecule has 2 aromatic carbocycles. The molecule has 0 amide bonds. The van der Waals surface area contributed by atoms with Gasteiger partial charge in [-0.1, -0.05) is 11.6 Å². The fourth-order valence-electron chi connectivity index (χ4n) is 3.00. The lowest BCUT2D eigenvalue weighted by Gasteiger charge is -2.14. The van der Waals surface area contributed by atoms with Gasteiger partial charge in [0.15, 0.2) is 5.13 Å². The molecule has 0 aliphatic rings. The van der Waals surface area contributed by atoms with Crippen molar-refractivity contribution in [2.75, 3.05) is 11.8 Å². The summed E-state index contributed by atoms with van der Waals surface area (Å²) in [4.78, 5) is 3.83. The van der Waals surface area contributed by atoms with Crippen LogP contribution in [-0.2, 0) is 17.1 Å². The molecule has 0 atom stereocenters. The Morgan fingerprint density at radius 1 is 1.18 bits per heavy atom. The van der Waals surface area contributed by atoms with Gasteiger partial charge in [-0.25, -0.2) is 13.4 Å². The van der Waals surface area contributed by atoms with Crippen LogP contribution in [0.5, 0.6) is 17.4 Å². The first-order chi connectivity index (χ1) is 15.8. The molecule has 0 saturated carbocycles. The number of nitriles is 1. The molecule has 0 aliphatic carbocycles. The zero-order valence-corrected chi connectivity index (χ0v) is 19.7. The van der Waals surface area contributed by atoms with Crippen molar-refractivity contribution in [2.45, 2.75) is 4.90 Å². The predicted octanol–water partition coefficient (Wildman–Crippen LogP) is 4.67. The minimum atomic E-state index is -3.92. The fraction of sp³-hybridized carbons (Fsp3) is 0.0952. The normalized spacial score (nSPS) is 11.1. The quantitative estimate of drug-likeness (QED) is 0.390. The number of ether oxygens (including phenoxy) is 2. The van der Waals surface area contributed by atoms with E-state index in [1.807, 2.05) is 6.07 Å². The molecular formula is C21H16ClN5O4S2. The summed E-state index contributed by atoms with van der Waals surface area (Å²) in [5.41, 5.74) is 1.34. The van der Waals surface area contributed by atoms with Crippen molar-refractivity contribution in [3.8, 4) is 34.7 Å². The standard InChI is InChI=1S/C21H16ClN5O4S2/c1-27-17(11-20(25-27)30-2)16-10-14(22)3-5-19(16)31-18-6-4-15(9-13(18)12-23)33(28,29)26-21-24-7-8-32-21/h3-11H,1-2H3,(H,24,26). The number of benzene rings is 2. The fourth-order valence-corrected chi connectivity index (χ4v) is 4.99. The molecule has 0 fully saturated rings. The first-order valence-electron chi connectivity index (χ1n) is 9.33. The molecule has 0 bridgehead atoms. The minimum Gasteiger partial charge on any atom is -0.480 e. The Morgan fingerprint density at radius 3 is 2.64 bits per heavy atom. The number of nitrogens with zero attached hydrogens (tertiary/aromatic N) is 4. The van der Waals surface area contributed by atoms with E-state index in [1.165, 1.54) is 31.5 Å². The largest absolute Gasteiger partial charge is 0.480 e. The van der Waals surface area contributed by atoms with Crippen LogP contribution in [0.15, 0.2) is 58.9 Å². The van der Waals surface area contributed by atoms with Crippen LogP contribution in [0.4, 0.5) is 5.13 Å². The van der Waals surface area contributed by atoms with E-state index in [0.29, 0.717) is 27.9 Å². The molecule has 1 N–H and O–H groups in total. The molecule has 12 heteroatoms. The molecule has 33 heavy (non-hydrogen) atoms. The van der Waals surface area contributed by atoms with Gasteiger partial charge in [0.1, 0.15) is 17.6 Å². The predicted molar refractivity (Wildman–Crippen MR) is 124 cm³/mol. The monoisotopic (exact) mass is 501 g/mol. The number of hydrogen-bond acceptors (Lipinski definition) is 8. The van der Waals surface area contributed by atoms with Crippen LogP contribution in [0.25, 0.3) is 11.3 Å². The number of hydrogen-bond donors (Lipinski definition) is 1. The Kier molecular flexibility index (Phi) is 6.24. The highest BCUT2D eigenvalue weighted by molar-refractivity contribution is 7.93. The van der Waals surface area contributed by atoms with Gasteiger partial charge in [0, 0.05) is 35.3 Å². The van der Waals surface area contributed by atoms with Crippen molar-refractivity contribution in [3.63, 3.8) is 0 Å². The lowest BCUT2D eigenvalue weighted by atomic mass is 10.1. The van der Waals surface area contributed by atoms with E-state index in [0.717, 1.165) is 11.3 Å². The van der Waals surface area contributed by atoms with E-state index in [2.05, 4.69) is 14.8 Å². The van der Waals surface area contributed by atoms with E-state index in [-0.39, 0.29) is 21.3 Å². The van der Waals surface area contributed by atoms with Gasteiger partial charge in [0.2, 0.25) is 5.88 Å². The number of nitrogens with one attached hydrogen (secondary N) is 1. The third kappa shape index (κ3) is 4.78. The molecule has 9 nitrogen and oxygen atoms in total. The van der Waals surface area contributed by atoms with Crippen LogP contribution in [0.1, 0.15) is 5.56 Å². The summed E-state index contributed by atoms with van der Waals surface area (Å²) < 4.78 is 40.5. The van der Waals surface area contributed by atoms with Crippen LogP contribution in [0.2, 0.25) is 5.02 Å². The molecule has 0 unspecified atom stereocenters. The highest BCUT2D eigenvalue weighted by Gasteiger charge is 2.20. The summed E-state index contributed by atoms with van der Waals surface area (Å²) in [6, 6.07) is 12.8. The first-order valence-corrected chi connectivity index (χ1v) is 12.1. The average molecular weight is 502 g/mol. The highest BCUT2D eigenvalue weighted by atomic mass is 35.5. The van der Waals surface area contributed by atoms with Crippen LogP contribution in [0.3, 0.4) is 0 Å². The minimum absolute atomic E-state index is 0.0421. The number of methoxy groups -OCH3 is 1. The second kappa shape index (κ2) is 9.11. The molecule has 4 rings (SSSR count). The molecule has 2 aromatic heterocycles. The second-order valence-corrected chi connectivity index (χ2v) is 9.66. The number of sulfonamides is 1. The second-order valence-electron chi connectivity index (χ2n) is 6.65. The number of halogens is 1. The van der Waals surface area contributed by atoms with Crippen LogP contribution >= 0.6 is 22.9 Å². The van der Waals surface area contributed by atoms with E-state index >= 15 is 0 Å². The van der Waals surface area contributed by atoms with Crippen LogP contribution < -0.4 is 14.2 Å². The molecule has 0 spiro atoms. The number of thiazole rings is 1. The lowest BCUT2D eigenvalue weighted by molar-refractivity contribution is 0.392. The van der Waals surface area contributed by atoms with E-state index < -0.39 is 10.0 Å². The van der Waals surface area contributed by atoms with Gasteiger partial charge in [-0.15, -0.1) is 16.4 Å². The van der Waals surface area contributed by atoms with Crippen molar-refractivity contribution >= 4 is 38.1 Å². The molecular weight excluding hydrogens is 486 g/mol. The Labute approximate surface area is 198 Å². The Balaban J connectivity index is 1.70. The first kappa shape index (κ1) is 22.6. The Morgan fingerprint density at radius 2 is 1.97 bits per heavy atom. The SMILES string of the molecule is COc1cc(-c2cc(Cl)ccc2Oc2ccc(S(=O)(=O)Nc3nccs3)cc2C#N)n(C)n1. The zero-order valence-electron chi connectivity index (χ0n) is 17.3. The maximum atomic E-state index is 12.7. The van der Waals surface area contributed by atoms with E-state index in [4.69, 9.17) is 21.1 Å². The van der Waals surface area contributed by atoms with Gasteiger partial charge >= 0.3 is 0 Å². The van der Waals surface area contributed by atoms with E-state index in [9.17, 15) is 13.7 Å². The van der Waals surface area contributed by atoms with Gasteiger partial charge in [-0.2, -0.15) is 5.26 Å². The average Bonchev–Trinajstić information content (AvgIpc) is 3.43. The van der Waals surface area contributed by atoms with Crippen molar-refractivity contribution < 1.29 is 17.9 Å². The molecule has 2 heterocycles. The third-order valence-electron chi connectivity index (χ3n) is 4.54. The number of anilines is 1. The summed E-state index contributed by atoms with van der Waals surface area (Å²) in [7, 11) is -0.658. The van der Waals surface area contributed by atoms with Gasteiger partial charge in [-0.05, 0) is 36.4 Å². The highest BCUT2D eigenvalue weighted by Crippen LogP contribution is 2.38. The summed E-state index contributed by atoms with van der Waals surface area (Å²) in [5.74, 6) is 1.000. The maximum absolute atomic E-state index is 12.7. The van der Waals surface area contributed by atoms with Crippen LogP contribution in [-0.4, -0.2) is 30.3 Å². The van der Waals surface area contributed by atoms with Gasteiger partial charge < -0.3 is 9.47 Å². The third-order valence-corrected chi connectivity index (χ3v) is 6.93. The summed E-state index contributed by atoms with van der Waals surface area (Å²) >= 11 is 7.35.